The molecule has 2 bridgehead atoms. The number of fused-ring (bicyclic) bond motifs is 3. The third kappa shape index (κ3) is 1.28. The Hall–Kier alpha value is -1.49. The van der Waals surface area contributed by atoms with Crippen LogP contribution in [0.15, 0.2) is 12.7 Å². The molecule has 2 aromatic rings. The first kappa shape index (κ1) is 10.4. The van der Waals surface area contributed by atoms with Crippen LogP contribution in [-0.2, 0) is 4.79 Å². The molecule has 0 N–H and O–H groups in total. The maximum atomic E-state index is 11.6. The lowest BCUT2D eigenvalue weighted by molar-refractivity contribution is -0.122. The number of hydrogen-bond donors (Lipinski definition) is 0. The fraction of sp³-hybridized carbons (Fsp3) is 0.500. The Bertz CT molecular complexity index is 653. The molecule has 0 saturated heterocycles. The molecule has 0 amide bonds. The summed E-state index contributed by atoms with van der Waals surface area (Å²) >= 11 is 6.00. The molecule has 2 aliphatic carbocycles. The van der Waals surface area contributed by atoms with Crippen molar-refractivity contribution in [3.8, 4) is 0 Å². The Balaban J connectivity index is 1.81. The van der Waals surface area contributed by atoms with E-state index in [0.717, 1.165) is 18.5 Å². The van der Waals surface area contributed by atoms with Crippen LogP contribution in [0.4, 0.5) is 0 Å². The fourth-order valence-corrected chi connectivity index (χ4v) is 3.59. The molecule has 18 heavy (non-hydrogen) atoms. The molecule has 2 aromatic heterocycles. The second kappa shape index (κ2) is 3.51. The Morgan fingerprint density at radius 3 is 2.89 bits per heavy atom. The first-order valence-corrected chi connectivity index (χ1v) is 6.47. The molecule has 0 radical (unpaired) electrons. The van der Waals surface area contributed by atoms with Gasteiger partial charge in [-0.2, -0.15) is 0 Å². The van der Waals surface area contributed by atoms with Gasteiger partial charge in [-0.3, -0.25) is 4.79 Å². The van der Waals surface area contributed by atoms with E-state index < -0.39 is 0 Å². The van der Waals surface area contributed by atoms with Crippen LogP contribution in [0, 0.1) is 11.8 Å². The Kier molecular flexibility index (Phi) is 2.03. The molecule has 2 heterocycles. The standard InChI is InChI=1S/C12H11ClN4O/c13-11-10-12(15-4-14-11)17(5-16-10)8-2-7-1-6(8)3-9(7)18/h4-8H,1-3H2/t6-,7-,8+/m1/s1. The van der Waals surface area contributed by atoms with Crippen molar-refractivity contribution in [2.75, 3.05) is 0 Å². The Morgan fingerprint density at radius 1 is 1.28 bits per heavy atom. The summed E-state index contributed by atoms with van der Waals surface area (Å²) in [5.41, 5.74) is 1.42. The van der Waals surface area contributed by atoms with Crippen LogP contribution < -0.4 is 0 Å². The number of rotatable bonds is 1. The summed E-state index contributed by atoms with van der Waals surface area (Å²) in [5.74, 6) is 1.11. The number of carbonyl (C=O) groups is 1. The summed E-state index contributed by atoms with van der Waals surface area (Å²) in [6.45, 7) is 0. The SMILES string of the molecule is O=C1C[C@H]2C[C@@H]1C[C@@H]2n1cnc2c(Cl)ncnc21. The minimum Gasteiger partial charge on any atom is -0.312 e. The van der Waals surface area contributed by atoms with Gasteiger partial charge >= 0.3 is 0 Å². The van der Waals surface area contributed by atoms with E-state index in [1.54, 1.807) is 6.33 Å². The van der Waals surface area contributed by atoms with Gasteiger partial charge in [-0.1, -0.05) is 11.6 Å². The smallest absolute Gasteiger partial charge is 0.165 e. The highest BCUT2D eigenvalue weighted by Gasteiger charge is 2.46. The highest BCUT2D eigenvalue weighted by Crippen LogP contribution is 2.49. The lowest BCUT2D eigenvalue weighted by atomic mass is 9.94. The highest BCUT2D eigenvalue weighted by molar-refractivity contribution is 6.33. The minimum absolute atomic E-state index is 0.245. The Labute approximate surface area is 108 Å². The molecule has 0 aromatic carbocycles. The largest absolute Gasteiger partial charge is 0.312 e. The van der Waals surface area contributed by atoms with Crippen molar-refractivity contribution in [3.63, 3.8) is 0 Å². The number of Topliss-reactive ketones (excluding diaryl/α,β-unsaturated/α-hetero) is 1. The highest BCUT2D eigenvalue weighted by atomic mass is 35.5. The summed E-state index contributed by atoms with van der Waals surface area (Å²) in [4.78, 5) is 24.1. The van der Waals surface area contributed by atoms with Gasteiger partial charge in [0.05, 0.1) is 6.33 Å². The molecule has 92 valence electrons. The quantitative estimate of drug-likeness (QED) is 0.738. The minimum atomic E-state index is 0.245. The first-order chi connectivity index (χ1) is 8.74. The summed E-state index contributed by atoms with van der Waals surface area (Å²) in [6, 6.07) is 0.337. The first-order valence-electron chi connectivity index (χ1n) is 6.10. The topological polar surface area (TPSA) is 60.7 Å². The van der Waals surface area contributed by atoms with Crippen LogP contribution in [0.3, 0.4) is 0 Å². The lowest BCUT2D eigenvalue weighted by Crippen LogP contribution is -2.20. The third-order valence-corrected chi connectivity index (χ3v) is 4.52. The van der Waals surface area contributed by atoms with Crippen molar-refractivity contribution >= 4 is 28.5 Å². The maximum absolute atomic E-state index is 11.6. The van der Waals surface area contributed by atoms with Crippen LogP contribution in [0.25, 0.3) is 11.2 Å². The molecule has 2 fully saturated rings. The Morgan fingerprint density at radius 2 is 2.17 bits per heavy atom. The average molecular weight is 263 g/mol. The summed E-state index contributed by atoms with van der Waals surface area (Å²) < 4.78 is 2.07. The summed E-state index contributed by atoms with van der Waals surface area (Å²) in [7, 11) is 0. The van der Waals surface area contributed by atoms with Gasteiger partial charge in [0.25, 0.3) is 0 Å². The van der Waals surface area contributed by atoms with Crippen molar-refractivity contribution in [3.05, 3.63) is 17.8 Å². The monoisotopic (exact) mass is 262 g/mol. The van der Waals surface area contributed by atoms with E-state index in [1.807, 2.05) is 0 Å². The number of ketones is 1. The number of nitrogens with zero attached hydrogens (tertiary/aromatic N) is 4. The van der Waals surface area contributed by atoms with Crippen molar-refractivity contribution in [1.29, 1.82) is 0 Å². The van der Waals surface area contributed by atoms with Gasteiger partial charge in [0.1, 0.15) is 17.6 Å². The number of halogens is 1. The van der Waals surface area contributed by atoms with Crippen molar-refractivity contribution in [2.24, 2.45) is 11.8 Å². The molecular formula is C12H11ClN4O. The van der Waals surface area contributed by atoms with Crippen molar-refractivity contribution < 1.29 is 4.79 Å². The van der Waals surface area contributed by atoms with Crippen LogP contribution in [0.1, 0.15) is 25.3 Å². The van der Waals surface area contributed by atoms with Gasteiger partial charge in [0.15, 0.2) is 10.8 Å². The van der Waals surface area contributed by atoms with Gasteiger partial charge in [0, 0.05) is 18.4 Å². The predicted octanol–water partition coefficient (Wildman–Crippen LogP) is 2.02. The van der Waals surface area contributed by atoms with Gasteiger partial charge in [-0.15, -0.1) is 0 Å². The van der Waals surface area contributed by atoms with Gasteiger partial charge in [-0.25, -0.2) is 15.0 Å². The molecule has 5 nitrogen and oxygen atoms in total. The molecular weight excluding hydrogens is 252 g/mol. The molecule has 0 aliphatic heterocycles. The predicted molar refractivity (Wildman–Crippen MR) is 65.2 cm³/mol. The molecule has 3 atom stereocenters. The normalized spacial score (nSPS) is 30.5. The average Bonchev–Trinajstić information content (AvgIpc) is 3.00. The van der Waals surface area contributed by atoms with Crippen LogP contribution in [0.5, 0.6) is 0 Å². The van der Waals surface area contributed by atoms with Gasteiger partial charge in [-0.05, 0) is 18.8 Å². The molecule has 0 spiro atoms. The second-order valence-corrected chi connectivity index (χ2v) is 5.51. The fourth-order valence-electron chi connectivity index (χ4n) is 3.42. The number of hydrogen-bond acceptors (Lipinski definition) is 4. The van der Waals surface area contributed by atoms with Crippen molar-refractivity contribution in [1.82, 2.24) is 19.5 Å². The van der Waals surface area contributed by atoms with E-state index in [-0.39, 0.29) is 5.92 Å². The summed E-state index contributed by atoms with van der Waals surface area (Å²) in [5, 5.41) is 0.387. The zero-order chi connectivity index (χ0) is 12.3. The maximum Gasteiger partial charge on any atom is 0.165 e. The molecule has 2 saturated carbocycles. The van der Waals surface area contributed by atoms with Gasteiger partial charge in [0.2, 0.25) is 0 Å². The third-order valence-electron chi connectivity index (χ3n) is 4.25. The van der Waals surface area contributed by atoms with Crippen LogP contribution in [0.2, 0.25) is 5.15 Å². The molecule has 0 unspecified atom stereocenters. The zero-order valence-electron chi connectivity index (χ0n) is 9.58. The molecule has 4 rings (SSSR count). The van der Waals surface area contributed by atoms with Crippen LogP contribution >= 0.6 is 11.6 Å². The van der Waals surface area contributed by atoms with E-state index in [9.17, 15) is 4.79 Å². The van der Waals surface area contributed by atoms with E-state index in [2.05, 4.69) is 19.5 Å². The number of imidazole rings is 1. The van der Waals surface area contributed by atoms with E-state index >= 15 is 0 Å². The van der Waals surface area contributed by atoms with E-state index in [1.165, 1.54) is 6.33 Å². The molecule has 2 aliphatic rings. The second-order valence-electron chi connectivity index (χ2n) is 5.15. The van der Waals surface area contributed by atoms with E-state index in [4.69, 9.17) is 11.6 Å². The number of aromatic nitrogens is 4. The van der Waals surface area contributed by atoms with E-state index in [0.29, 0.717) is 34.8 Å². The lowest BCUT2D eigenvalue weighted by Gasteiger charge is -2.22. The van der Waals surface area contributed by atoms with Gasteiger partial charge < -0.3 is 4.57 Å². The zero-order valence-corrected chi connectivity index (χ0v) is 10.3. The van der Waals surface area contributed by atoms with Crippen LogP contribution in [-0.4, -0.2) is 25.3 Å². The molecule has 6 heteroatoms. The number of carbonyl (C=O) groups excluding carboxylic acids is 1. The summed E-state index contributed by atoms with van der Waals surface area (Å²) in [6.07, 6.45) is 5.87. The van der Waals surface area contributed by atoms with Crippen molar-refractivity contribution in [2.45, 2.75) is 25.3 Å².